The summed E-state index contributed by atoms with van der Waals surface area (Å²) in [6.07, 6.45) is 1.78. The van der Waals surface area contributed by atoms with Crippen molar-refractivity contribution in [2.75, 3.05) is 0 Å². The lowest BCUT2D eigenvalue weighted by atomic mass is 9.98. The van der Waals surface area contributed by atoms with Gasteiger partial charge in [-0.2, -0.15) is 4.72 Å². The Morgan fingerprint density at radius 3 is 2.24 bits per heavy atom. The quantitative estimate of drug-likeness (QED) is 0.791. The summed E-state index contributed by atoms with van der Waals surface area (Å²) >= 11 is 0. The molecule has 0 radical (unpaired) electrons. The molecule has 0 unspecified atom stereocenters. The van der Waals surface area contributed by atoms with Crippen LogP contribution in [0, 0.1) is 6.92 Å². The smallest absolute Gasteiger partial charge is 0.324 e. The number of aryl methyl sites for hydroxylation is 1. The molecule has 0 heterocycles. The van der Waals surface area contributed by atoms with E-state index in [1.54, 1.807) is 18.2 Å². The summed E-state index contributed by atoms with van der Waals surface area (Å²) < 4.78 is 26.9. The van der Waals surface area contributed by atoms with Gasteiger partial charge in [-0.3, -0.25) is 4.79 Å². The number of carboxylic acid groups (broad SMARTS) is 1. The average molecular weight is 311 g/mol. The summed E-state index contributed by atoms with van der Waals surface area (Å²) in [5.41, 5.74) is 0.276. The van der Waals surface area contributed by atoms with Crippen LogP contribution in [0.4, 0.5) is 0 Å². The Morgan fingerprint density at radius 2 is 1.81 bits per heavy atom. The lowest BCUT2D eigenvalue weighted by Gasteiger charge is -2.25. The number of hydrogen-bond acceptors (Lipinski definition) is 3. The van der Waals surface area contributed by atoms with Gasteiger partial charge >= 0.3 is 5.97 Å². The molecule has 1 aromatic carbocycles. The number of benzene rings is 1. The van der Waals surface area contributed by atoms with E-state index in [2.05, 4.69) is 4.72 Å². The second-order valence-corrected chi connectivity index (χ2v) is 7.22. The first kappa shape index (κ1) is 17.4. The lowest BCUT2D eigenvalue weighted by Crippen LogP contribution is -2.51. The molecule has 0 bridgehead atoms. The van der Waals surface area contributed by atoms with Gasteiger partial charge in [-0.05, 0) is 46.2 Å². The summed E-state index contributed by atoms with van der Waals surface area (Å²) in [5.74, 6) is -1.21. The molecular weight excluding hydrogens is 290 g/mol. The Morgan fingerprint density at radius 1 is 1.29 bits per heavy atom. The highest BCUT2D eigenvalue weighted by Crippen LogP contribution is 2.18. The van der Waals surface area contributed by atoms with Crippen LogP contribution in [0.3, 0.4) is 0 Å². The van der Waals surface area contributed by atoms with E-state index < -0.39 is 21.5 Å². The Kier molecular flexibility index (Phi) is 5.31. The van der Waals surface area contributed by atoms with Crippen LogP contribution in [-0.4, -0.2) is 25.0 Å². The van der Waals surface area contributed by atoms with Gasteiger partial charge in [-0.25, -0.2) is 8.42 Å². The summed E-state index contributed by atoms with van der Waals surface area (Å²) in [7, 11) is -3.89. The predicted octanol–water partition coefficient (Wildman–Crippen LogP) is 2.47. The highest BCUT2D eigenvalue weighted by molar-refractivity contribution is 7.89. The number of nitrogens with one attached hydrogen (secondary N) is 1. The van der Waals surface area contributed by atoms with Crippen LogP contribution in [0.5, 0.6) is 0 Å². The van der Waals surface area contributed by atoms with Crippen LogP contribution in [0.15, 0.2) is 40.8 Å². The Bertz CT molecular complexity index is 643. The Hall–Kier alpha value is -1.66. The van der Waals surface area contributed by atoms with Gasteiger partial charge in [0, 0.05) is 0 Å². The van der Waals surface area contributed by atoms with E-state index in [1.165, 1.54) is 19.1 Å². The second-order valence-electron chi connectivity index (χ2n) is 5.54. The van der Waals surface area contributed by atoms with E-state index in [-0.39, 0.29) is 11.3 Å². The van der Waals surface area contributed by atoms with Crippen molar-refractivity contribution < 1.29 is 18.3 Å². The minimum atomic E-state index is -3.89. The van der Waals surface area contributed by atoms with Crippen LogP contribution in [0.25, 0.3) is 0 Å². The highest BCUT2D eigenvalue weighted by Gasteiger charge is 2.36. The van der Waals surface area contributed by atoms with E-state index in [4.69, 9.17) is 0 Å². The van der Waals surface area contributed by atoms with Crippen LogP contribution < -0.4 is 4.72 Å². The molecule has 1 atom stereocenters. The zero-order valence-corrected chi connectivity index (χ0v) is 13.5. The number of carboxylic acids is 1. The van der Waals surface area contributed by atoms with Crippen molar-refractivity contribution in [2.45, 2.75) is 44.6 Å². The number of rotatable bonds is 6. The van der Waals surface area contributed by atoms with Crippen molar-refractivity contribution in [1.29, 1.82) is 0 Å². The summed E-state index contributed by atoms with van der Waals surface area (Å²) in [6, 6.07) is 6.26. The first-order valence-electron chi connectivity index (χ1n) is 6.54. The van der Waals surface area contributed by atoms with Gasteiger partial charge in [0.2, 0.25) is 10.0 Å². The largest absolute Gasteiger partial charge is 0.480 e. The Balaban J connectivity index is 3.10. The fourth-order valence-electron chi connectivity index (χ4n) is 1.65. The van der Waals surface area contributed by atoms with Crippen LogP contribution in [0.1, 0.15) is 32.8 Å². The summed E-state index contributed by atoms with van der Waals surface area (Å²) in [5, 5.41) is 9.34. The standard InChI is InChI=1S/C15H21NO4S/c1-11(2)9-10-15(4,14(17)18)16-21(19,20)13-7-5-12(3)6-8-13/h5-9,16H,10H2,1-4H3,(H,17,18)/t15-/m1/s1. The molecule has 5 nitrogen and oxygen atoms in total. The molecule has 0 aliphatic carbocycles. The van der Waals surface area contributed by atoms with Crippen molar-refractivity contribution in [1.82, 2.24) is 4.72 Å². The third-order valence-electron chi connectivity index (χ3n) is 3.08. The van der Waals surface area contributed by atoms with Crippen LogP contribution in [0.2, 0.25) is 0 Å². The zero-order chi connectivity index (χ0) is 16.3. The molecular formula is C15H21NO4S. The van der Waals surface area contributed by atoms with E-state index in [1.807, 2.05) is 20.8 Å². The topological polar surface area (TPSA) is 83.5 Å². The fraction of sp³-hybridized carbons (Fsp3) is 0.400. The molecule has 2 N–H and O–H groups in total. The number of allylic oxidation sites excluding steroid dienone is 1. The monoisotopic (exact) mass is 311 g/mol. The van der Waals surface area contributed by atoms with Gasteiger partial charge in [0.15, 0.2) is 0 Å². The molecule has 21 heavy (non-hydrogen) atoms. The van der Waals surface area contributed by atoms with Crippen LogP contribution >= 0.6 is 0 Å². The molecule has 0 fully saturated rings. The first-order valence-corrected chi connectivity index (χ1v) is 8.02. The molecule has 0 amide bonds. The number of hydrogen-bond donors (Lipinski definition) is 2. The van der Waals surface area contributed by atoms with Gasteiger partial charge in [-0.15, -0.1) is 0 Å². The van der Waals surface area contributed by atoms with Gasteiger partial charge < -0.3 is 5.11 Å². The van der Waals surface area contributed by atoms with Crippen molar-refractivity contribution in [3.63, 3.8) is 0 Å². The SMILES string of the molecule is CC(C)=CC[C@@](C)(NS(=O)(=O)c1ccc(C)cc1)C(=O)O. The molecule has 0 saturated carbocycles. The average Bonchev–Trinajstić information content (AvgIpc) is 2.36. The normalized spacial score (nSPS) is 14.3. The lowest BCUT2D eigenvalue weighted by molar-refractivity contribution is -0.143. The molecule has 1 aromatic rings. The fourth-order valence-corrected chi connectivity index (χ4v) is 3.03. The molecule has 0 saturated heterocycles. The molecule has 0 aromatic heterocycles. The van der Waals surface area contributed by atoms with Gasteiger partial charge in [0.25, 0.3) is 0 Å². The minimum absolute atomic E-state index is 0.0535. The van der Waals surface area contributed by atoms with Crippen molar-refractivity contribution in [3.05, 3.63) is 41.5 Å². The van der Waals surface area contributed by atoms with E-state index in [0.29, 0.717) is 0 Å². The zero-order valence-electron chi connectivity index (χ0n) is 12.7. The first-order chi connectivity index (χ1) is 9.57. The second kappa shape index (κ2) is 6.41. The number of aliphatic carboxylic acids is 1. The maximum absolute atomic E-state index is 12.3. The predicted molar refractivity (Wildman–Crippen MR) is 81.6 cm³/mol. The van der Waals surface area contributed by atoms with E-state index >= 15 is 0 Å². The van der Waals surface area contributed by atoms with E-state index in [0.717, 1.165) is 11.1 Å². The van der Waals surface area contributed by atoms with Gasteiger partial charge in [-0.1, -0.05) is 29.3 Å². The van der Waals surface area contributed by atoms with Crippen molar-refractivity contribution >= 4 is 16.0 Å². The highest BCUT2D eigenvalue weighted by atomic mass is 32.2. The van der Waals surface area contributed by atoms with Crippen molar-refractivity contribution in [2.24, 2.45) is 0 Å². The molecule has 6 heteroatoms. The Labute approximate surface area is 125 Å². The molecule has 116 valence electrons. The summed E-state index contributed by atoms with van der Waals surface area (Å²) in [6.45, 7) is 6.87. The molecule has 0 spiro atoms. The maximum atomic E-state index is 12.3. The number of sulfonamides is 1. The maximum Gasteiger partial charge on any atom is 0.324 e. The molecule has 1 rings (SSSR count). The van der Waals surface area contributed by atoms with Gasteiger partial charge in [0.1, 0.15) is 5.54 Å². The summed E-state index contributed by atoms with van der Waals surface area (Å²) in [4.78, 5) is 11.5. The van der Waals surface area contributed by atoms with Crippen LogP contribution in [-0.2, 0) is 14.8 Å². The third kappa shape index (κ3) is 4.68. The van der Waals surface area contributed by atoms with E-state index in [9.17, 15) is 18.3 Å². The van der Waals surface area contributed by atoms with Crippen molar-refractivity contribution in [3.8, 4) is 0 Å². The molecule has 0 aliphatic rings. The number of carbonyl (C=O) groups is 1. The van der Waals surface area contributed by atoms with Gasteiger partial charge in [0.05, 0.1) is 4.90 Å². The minimum Gasteiger partial charge on any atom is -0.480 e. The third-order valence-corrected chi connectivity index (χ3v) is 4.69. The molecule has 0 aliphatic heterocycles.